The summed E-state index contributed by atoms with van der Waals surface area (Å²) in [5.74, 6) is 0. The molecule has 0 unspecified atom stereocenters. The predicted octanol–water partition coefficient (Wildman–Crippen LogP) is 6.78. The highest BCUT2D eigenvalue weighted by Gasteiger charge is 1.99. The predicted molar refractivity (Wildman–Crippen MR) is 128 cm³/mol. The largest absolute Gasteiger partial charge is 0.255 e. The fourth-order valence-corrected chi connectivity index (χ4v) is 4.39. The molecule has 0 saturated carbocycles. The average Bonchev–Trinajstić information content (AvgIpc) is 2.83. The third-order valence-corrected chi connectivity index (χ3v) is 6.39. The van der Waals surface area contributed by atoms with E-state index in [2.05, 4.69) is 44.2 Å². The van der Waals surface area contributed by atoms with Crippen molar-refractivity contribution < 1.29 is 0 Å². The first kappa shape index (κ1) is 20.1. The molecule has 2 heterocycles. The molecule has 2 aromatic carbocycles. The molecule has 6 heteroatoms. The standard InChI is InChI=1S/C24H18N4S2/c1-3-15-25-21(5-1)17-27-19-7-11-23(12-8-19)29-30-24-13-9-20(10-14-24)28-18-22-6-2-4-16-26-22/h1-18H. The first-order chi connectivity index (χ1) is 14.8. The maximum absolute atomic E-state index is 4.46. The molecule has 4 aromatic rings. The average molecular weight is 427 g/mol. The Bertz CT molecular complexity index is 1020. The van der Waals surface area contributed by atoms with Gasteiger partial charge < -0.3 is 0 Å². The lowest BCUT2D eigenvalue weighted by Crippen LogP contribution is -1.83. The van der Waals surface area contributed by atoms with Gasteiger partial charge in [0.05, 0.1) is 35.2 Å². The topological polar surface area (TPSA) is 50.5 Å². The summed E-state index contributed by atoms with van der Waals surface area (Å²) in [6.07, 6.45) is 7.07. The highest BCUT2D eigenvalue weighted by Crippen LogP contribution is 2.38. The van der Waals surface area contributed by atoms with Crippen molar-refractivity contribution in [1.82, 2.24) is 9.97 Å². The van der Waals surface area contributed by atoms with Crippen LogP contribution in [0.3, 0.4) is 0 Å². The van der Waals surface area contributed by atoms with Crippen LogP contribution in [0.15, 0.2) is 117 Å². The lowest BCUT2D eigenvalue weighted by molar-refractivity contribution is 1.30. The maximum Gasteiger partial charge on any atom is 0.0812 e. The molecule has 146 valence electrons. The van der Waals surface area contributed by atoms with Crippen molar-refractivity contribution >= 4 is 45.4 Å². The fraction of sp³-hybridized carbons (Fsp3) is 0. The molecule has 0 aliphatic carbocycles. The summed E-state index contributed by atoms with van der Waals surface area (Å²) >= 11 is 0. The Morgan fingerprint density at radius 1 is 0.533 bits per heavy atom. The van der Waals surface area contributed by atoms with Crippen molar-refractivity contribution in [2.24, 2.45) is 9.98 Å². The quantitative estimate of drug-likeness (QED) is 0.241. The second-order valence-electron chi connectivity index (χ2n) is 6.18. The first-order valence-electron chi connectivity index (χ1n) is 9.30. The molecule has 0 N–H and O–H groups in total. The maximum atomic E-state index is 4.46. The second kappa shape index (κ2) is 10.5. The van der Waals surface area contributed by atoms with E-state index in [1.54, 1.807) is 46.4 Å². The van der Waals surface area contributed by atoms with Crippen molar-refractivity contribution in [3.05, 3.63) is 109 Å². The summed E-state index contributed by atoms with van der Waals surface area (Å²) in [4.78, 5) is 19.8. The third kappa shape index (κ3) is 6.14. The van der Waals surface area contributed by atoms with Crippen molar-refractivity contribution in [2.45, 2.75) is 9.79 Å². The van der Waals surface area contributed by atoms with Crippen LogP contribution in [0.25, 0.3) is 0 Å². The Kier molecular flexibility index (Phi) is 7.04. The molecule has 2 aromatic heterocycles. The van der Waals surface area contributed by atoms with E-state index in [-0.39, 0.29) is 0 Å². The van der Waals surface area contributed by atoms with Crippen LogP contribution in [0.4, 0.5) is 11.4 Å². The lowest BCUT2D eigenvalue weighted by atomic mass is 10.3. The molecule has 0 radical (unpaired) electrons. The molecule has 0 aliphatic heterocycles. The number of nitrogens with zero attached hydrogens (tertiary/aromatic N) is 4. The minimum absolute atomic E-state index is 0.847. The molecule has 0 aliphatic rings. The van der Waals surface area contributed by atoms with Crippen molar-refractivity contribution in [3.63, 3.8) is 0 Å². The highest BCUT2D eigenvalue weighted by molar-refractivity contribution is 8.76. The molecular formula is C24H18N4S2. The third-order valence-electron chi connectivity index (χ3n) is 3.97. The lowest BCUT2D eigenvalue weighted by Gasteiger charge is -2.02. The van der Waals surface area contributed by atoms with Gasteiger partial charge >= 0.3 is 0 Å². The van der Waals surface area contributed by atoms with Crippen LogP contribution < -0.4 is 0 Å². The Balaban J connectivity index is 1.30. The normalized spacial score (nSPS) is 11.3. The van der Waals surface area contributed by atoms with Crippen molar-refractivity contribution in [2.75, 3.05) is 0 Å². The van der Waals surface area contributed by atoms with Gasteiger partial charge in [0.1, 0.15) is 0 Å². The number of hydrogen-bond acceptors (Lipinski definition) is 6. The molecule has 0 saturated heterocycles. The molecule has 4 nitrogen and oxygen atoms in total. The number of rotatable bonds is 7. The fourth-order valence-electron chi connectivity index (χ4n) is 2.46. The number of aromatic nitrogens is 2. The van der Waals surface area contributed by atoms with Gasteiger partial charge in [-0.3, -0.25) is 20.0 Å². The van der Waals surface area contributed by atoms with Crippen LogP contribution in [-0.2, 0) is 0 Å². The molecule has 0 amide bonds. The van der Waals surface area contributed by atoms with Gasteiger partial charge in [0.15, 0.2) is 0 Å². The minimum Gasteiger partial charge on any atom is -0.255 e. The summed E-state index contributed by atoms with van der Waals surface area (Å²) in [6.45, 7) is 0. The van der Waals surface area contributed by atoms with Crippen molar-refractivity contribution in [3.8, 4) is 0 Å². The molecule has 0 spiro atoms. The van der Waals surface area contributed by atoms with Gasteiger partial charge in [-0.15, -0.1) is 0 Å². The smallest absolute Gasteiger partial charge is 0.0812 e. The van der Waals surface area contributed by atoms with E-state index in [4.69, 9.17) is 0 Å². The molecule has 30 heavy (non-hydrogen) atoms. The van der Waals surface area contributed by atoms with Crippen LogP contribution in [0.2, 0.25) is 0 Å². The van der Waals surface area contributed by atoms with E-state index in [9.17, 15) is 0 Å². The Morgan fingerprint density at radius 2 is 0.967 bits per heavy atom. The monoisotopic (exact) mass is 426 g/mol. The van der Waals surface area contributed by atoms with Gasteiger partial charge in [-0.2, -0.15) is 0 Å². The molecule has 0 bridgehead atoms. The summed E-state index contributed by atoms with van der Waals surface area (Å²) in [6, 6.07) is 27.9. The highest BCUT2D eigenvalue weighted by atomic mass is 33.1. The summed E-state index contributed by atoms with van der Waals surface area (Å²) < 4.78 is 0. The van der Waals surface area contributed by atoms with E-state index in [1.165, 1.54) is 9.79 Å². The number of hydrogen-bond donors (Lipinski definition) is 0. The van der Waals surface area contributed by atoms with Crippen LogP contribution in [0.1, 0.15) is 11.4 Å². The number of benzene rings is 2. The van der Waals surface area contributed by atoms with E-state index < -0.39 is 0 Å². The minimum atomic E-state index is 0.847. The van der Waals surface area contributed by atoms with Crippen LogP contribution in [-0.4, -0.2) is 22.4 Å². The van der Waals surface area contributed by atoms with Crippen molar-refractivity contribution in [1.29, 1.82) is 0 Å². The summed E-state index contributed by atoms with van der Waals surface area (Å²) in [7, 11) is 3.43. The van der Waals surface area contributed by atoms with Gasteiger partial charge in [0.25, 0.3) is 0 Å². The van der Waals surface area contributed by atoms with E-state index in [1.807, 2.05) is 60.7 Å². The van der Waals surface area contributed by atoms with Gasteiger partial charge in [-0.1, -0.05) is 33.7 Å². The van der Waals surface area contributed by atoms with Crippen LogP contribution in [0.5, 0.6) is 0 Å². The van der Waals surface area contributed by atoms with Crippen LogP contribution >= 0.6 is 21.6 Å². The van der Waals surface area contributed by atoms with Gasteiger partial charge in [0, 0.05) is 22.2 Å². The number of aliphatic imine (C=N–C) groups is 2. The molecule has 0 fully saturated rings. The zero-order valence-corrected chi connectivity index (χ0v) is 17.6. The first-order valence-corrected chi connectivity index (χ1v) is 11.4. The van der Waals surface area contributed by atoms with Gasteiger partial charge in [-0.25, -0.2) is 0 Å². The molecule has 4 rings (SSSR count). The zero-order valence-electron chi connectivity index (χ0n) is 16.0. The van der Waals surface area contributed by atoms with Gasteiger partial charge in [0.2, 0.25) is 0 Å². The van der Waals surface area contributed by atoms with Crippen LogP contribution in [0, 0.1) is 0 Å². The Morgan fingerprint density at radius 3 is 1.33 bits per heavy atom. The SMILES string of the molecule is C(=Nc1ccc(SSc2ccc(N=Cc3ccccn3)cc2)cc1)c1ccccn1. The van der Waals surface area contributed by atoms with E-state index >= 15 is 0 Å². The molecule has 0 atom stereocenters. The van der Waals surface area contributed by atoms with Gasteiger partial charge in [-0.05, 0) is 72.8 Å². The van der Waals surface area contributed by atoms with E-state index in [0.717, 1.165) is 22.8 Å². The Labute approximate surface area is 183 Å². The molecular weight excluding hydrogens is 408 g/mol. The zero-order chi connectivity index (χ0) is 20.4. The number of pyridine rings is 2. The summed E-state index contributed by atoms with van der Waals surface area (Å²) in [5, 5.41) is 0. The Hall–Kier alpha value is -3.22. The van der Waals surface area contributed by atoms with E-state index in [0.29, 0.717) is 0 Å². The second-order valence-corrected chi connectivity index (χ2v) is 8.46. The summed E-state index contributed by atoms with van der Waals surface area (Å²) in [5.41, 5.74) is 3.51.